The van der Waals surface area contributed by atoms with Crippen LogP contribution in [0, 0.1) is 31.5 Å². The molecule has 3 rings (SSSR count). The van der Waals surface area contributed by atoms with E-state index in [2.05, 4.69) is 0 Å². The maximum Gasteiger partial charge on any atom is 0.253 e. The lowest BCUT2D eigenvalue weighted by Crippen LogP contribution is -2.46. The molecule has 2 atom stereocenters. The van der Waals surface area contributed by atoms with Gasteiger partial charge in [-0.25, -0.2) is 4.39 Å². The standard InChI is InChI=1S/C27H36FN3O2.ClH/c1-18-14-23(27(33)30(6)12-11-29(4)5)15-19(2)25(18)31-17-21(13-20(3)26(31)32)16-22-9-7-8-10-24(22)28;/h7-10,14-15,20-21H,11-13,16-17H2,1-6H3;1H/t20-,21-;/m1./s1. The summed E-state index contributed by atoms with van der Waals surface area (Å²) in [5.74, 6) is -0.0829. The van der Waals surface area contributed by atoms with Gasteiger partial charge in [-0.3, -0.25) is 9.59 Å². The lowest BCUT2D eigenvalue weighted by molar-refractivity contribution is -0.124. The quantitative estimate of drug-likeness (QED) is 0.564. The number of rotatable bonds is 7. The van der Waals surface area contributed by atoms with Crippen LogP contribution in [0.2, 0.25) is 0 Å². The molecule has 7 heteroatoms. The first kappa shape index (κ1) is 27.8. The number of piperidine rings is 1. The predicted molar refractivity (Wildman–Crippen MR) is 138 cm³/mol. The Kier molecular flexibility index (Phi) is 9.65. The predicted octanol–water partition coefficient (Wildman–Crippen LogP) is 4.73. The monoisotopic (exact) mass is 489 g/mol. The third-order valence-corrected chi connectivity index (χ3v) is 6.52. The molecule has 0 saturated carbocycles. The molecule has 2 aromatic carbocycles. The summed E-state index contributed by atoms with van der Waals surface area (Å²) in [6.07, 6.45) is 1.35. The molecule has 0 spiro atoms. The van der Waals surface area contributed by atoms with E-state index in [4.69, 9.17) is 0 Å². The summed E-state index contributed by atoms with van der Waals surface area (Å²) in [6.45, 7) is 7.85. The largest absolute Gasteiger partial charge is 0.340 e. The fourth-order valence-corrected chi connectivity index (χ4v) is 4.79. The molecule has 1 saturated heterocycles. The number of carbonyl (C=O) groups excluding carboxylic acids is 2. The number of carbonyl (C=O) groups is 2. The Hall–Kier alpha value is -2.44. The summed E-state index contributed by atoms with van der Waals surface area (Å²) in [4.78, 5) is 31.7. The zero-order valence-corrected chi connectivity index (χ0v) is 21.9. The first-order valence-electron chi connectivity index (χ1n) is 11.6. The lowest BCUT2D eigenvalue weighted by atomic mass is 9.84. The van der Waals surface area contributed by atoms with Gasteiger partial charge in [-0.1, -0.05) is 25.1 Å². The zero-order valence-electron chi connectivity index (χ0n) is 21.1. The number of aryl methyl sites for hydroxylation is 2. The van der Waals surface area contributed by atoms with Gasteiger partial charge in [0.2, 0.25) is 5.91 Å². The average Bonchev–Trinajstić information content (AvgIpc) is 2.75. The van der Waals surface area contributed by atoms with Gasteiger partial charge in [-0.15, -0.1) is 12.4 Å². The highest BCUT2D eigenvalue weighted by molar-refractivity contribution is 5.99. The van der Waals surface area contributed by atoms with E-state index in [1.54, 1.807) is 11.0 Å². The number of benzene rings is 2. The van der Waals surface area contributed by atoms with Gasteiger partial charge in [0.25, 0.3) is 5.91 Å². The zero-order chi connectivity index (χ0) is 24.3. The number of hydrogen-bond acceptors (Lipinski definition) is 3. The third-order valence-electron chi connectivity index (χ3n) is 6.52. The van der Waals surface area contributed by atoms with E-state index >= 15 is 0 Å². The molecule has 2 amide bonds. The van der Waals surface area contributed by atoms with Gasteiger partial charge in [0.05, 0.1) is 0 Å². The summed E-state index contributed by atoms with van der Waals surface area (Å²) >= 11 is 0. The van der Waals surface area contributed by atoms with Crippen molar-refractivity contribution < 1.29 is 14.0 Å². The van der Waals surface area contributed by atoms with Crippen molar-refractivity contribution in [2.24, 2.45) is 11.8 Å². The number of halogens is 2. The van der Waals surface area contributed by atoms with E-state index in [9.17, 15) is 14.0 Å². The molecule has 0 bridgehead atoms. The Morgan fingerprint density at radius 1 is 1.09 bits per heavy atom. The Bertz CT molecular complexity index is 1000. The van der Waals surface area contributed by atoms with Crippen LogP contribution in [0.5, 0.6) is 0 Å². The topological polar surface area (TPSA) is 43.9 Å². The molecule has 5 nitrogen and oxygen atoms in total. The minimum Gasteiger partial charge on any atom is -0.340 e. The molecule has 186 valence electrons. The molecule has 0 radical (unpaired) electrons. The van der Waals surface area contributed by atoms with Crippen LogP contribution >= 0.6 is 12.4 Å². The summed E-state index contributed by atoms with van der Waals surface area (Å²) < 4.78 is 14.2. The minimum absolute atomic E-state index is 0. The van der Waals surface area contributed by atoms with Crippen molar-refractivity contribution in [3.05, 3.63) is 64.5 Å². The molecule has 0 unspecified atom stereocenters. The van der Waals surface area contributed by atoms with Crippen molar-refractivity contribution in [2.45, 2.75) is 33.6 Å². The second-order valence-electron chi connectivity index (χ2n) is 9.74. The Labute approximate surface area is 209 Å². The van der Waals surface area contributed by atoms with Crippen LogP contribution in [-0.4, -0.2) is 62.4 Å². The Morgan fingerprint density at radius 2 is 1.71 bits per heavy atom. The van der Waals surface area contributed by atoms with E-state index in [1.165, 1.54) is 6.07 Å². The van der Waals surface area contributed by atoms with Crippen molar-refractivity contribution >= 4 is 29.9 Å². The van der Waals surface area contributed by atoms with E-state index in [0.29, 0.717) is 30.6 Å². The number of likely N-dealkylation sites (N-methyl/N-ethyl adjacent to an activating group) is 2. The maximum absolute atomic E-state index is 14.2. The fourth-order valence-electron chi connectivity index (χ4n) is 4.79. The molecule has 1 heterocycles. The SMILES string of the molecule is Cc1cc(C(=O)N(C)CCN(C)C)cc(C)c1N1C[C@@H](Cc2ccccc2F)C[C@@H](C)C1=O.Cl. The third kappa shape index (κ3) is 6.36. The van der Waals surface area contributed by atoms with Gasteiger partial charge < -0.3 is 14.7 Å². The first-order chi connectivity index (χ1) is 15.6. The van der Waals surface area contributed by atoms with Crippen LogP contribution in [0.3, 0.4) is 0 Å². The summed E-state index contributed by atoms with van der Waals surface area (Å²) in [7, 11) is 5.78. The lowest BCUT2D eigenvalue weighted by Gasteiger charge is -2.38. The maximum atomic E-state index is 14.2. The van der Waals surface area contributed by atoms with Gasteiger partial charge in [0.15, 0.2) is 0 Å². The normalized spacial score (nSPS) is 18.1. The van der Waals surface area contributed by atoms with Crippen LogP contribution in [0.25, 0.3) is 0 Å². The molecule has 1 aliphatic heterocycles. The fraction of sp³-hybridized carbons (Fsp3) is 0.481. The average molecular weight is 490 g/mol. The van der Waals surface area contributed by atoms with Crippen LogP contribution in [-0.2, 0) is 11.2 Å². The van der Waals surface area contributed by atoms with E-state index < -0.39 is 0 Å². The van der Waals surface area contributed by atoms with Crippen molar-refractivity contribution in [2.75, 3.05) is 45.7 Å². The first-order valence-corrected chi connectivity index (χ1v) is 11.6. The van der Waals surface area contributed by atoms with Gasteiger partial charge >= 0.3 is 0 Å². The number of nitrogens with zero attached hydrogens (tertiary/aromatic N) is 3. The van der Waals surface area contributed by atoms with Crippen LogP contribution in [0.15, 0.2) is 36.4 Å². The molecule has 2 aromatic rings. The summed E-state index contributed by atoms with van der Waals surface area (Å²) in [6, 6.07) is 10.6. The van der Waals surface area contributed by atoms with Crippen LogP contribution in [0.1, 0.15) is 40.4 Å². The number of anilines is 1. The second-order valence-corrected chi connectivity index (χ2v) is 9.74. The highest BCUT2D eigenvalue weighted by atomic mass is 35.5. The minimum atomic E-state index is -0.192. The van der Waals surface area contributed by atoms with Gasteiger partial charge in [0, 0.05) is 43.9 Å². The molecule has 1 fully saturated rings. The van der Waals surface area contributed by atoms with E-state index in [1.807, 2.05) is 76.0 Å². The molecule has 0 N–H and O–H groups in total. The Balaban J connectivity index is 0.00000408. The van der Waals surface area contributed by atoms with Crippen molar-refractivity contribution in [1.29, 1.82) is 0 Å². The smallest absolute Gasteiger partial charge is 0.253 e. The van der Waals surface area contributed by atoms with E-state index in [-0.39, 0.29) is 41.9 Å². The van der Waals surface area contributed by atoms with Gasteiger partial charge in [0.1, 0.15) is 5.82 Å². The van der Waals surface area contributed by atoms with Crippen molar-refractivity contribution in [1.82, 2.24) is 9.80 Å². The molecule has 34 heavy (non-hydrogen) atoms. The molecule has 1 aliphatic rings. The summed E-state index contributed by atoms with van der Waals surface area (Å²) in [5.41, 5.74) is 4.02. The van der Waals surface area contributed by atoms with Gasteiger partial charge in [-0.05, 0) is 81.6 Å². The van der Waals surface area contributed by atoms with Gasteiger partial charge in [-0.2, -0.15) is 0 Å². The summed E-state index contributed by atoms with van der Waals surface area (Å²) in [5, 5.41) is 0. The van der Waals surface area contributed by atoms with E-state index in [0.717, 1.165) is 29.8 Å². The highest BCUT2D eigenvalue weighted by Crippen LogP contribution is 2.34. The molecule has 0 aliphatic carbocycles. The highest BCUT2D eigenvalue weighted by Gasteiger charge is 2.34. The second kappa shape index (κ2) is 11.8. The number of amides is 2. The molecular weight excluding hydrogens is 453 g/mol. The number of hydrogen-bond donors (Lipinski definition) is 0. The Morgan fingerprint density at radius 3 is 2.29 bits per heavy atom. The molecule has 0 aromatic heterocycles. The van der Waals surface area contributed by atoms with Crippen LogP contribution in [0.4, 0.5) is 10.1 Å². The molecular formula is C27H37ClFN3O2. The van der Waals surface area contributed by atoms with Crippen molar-refractivity contribution in [3.8, 4) is 0 Å². The van der Waals surface area contributed by atoms with Crippen LogP contribution < -0.4 is 4.90 Å². The van der Waals surface area contributed by atoms with Crippen molar-refractivity contribution in [3.63, 3.8) is 0 Å².